The highest BCUT2D eigenvalue weighted by molar-refractivity contribution is 5.98. The minimum absolute atomic E-state index is 0.0000401. The van der Waals surface area contributed by atoms with E-state index in [1.54, 1.807) is 31.0 Å². The van der Waals surface area contributed by atoms with Crippen molar-refractivity contribution in [3.05, 3.63) is 42.9 Å². The van der Waals surface area contributed by atoms with E-state index in [0.29, 0.717) is 35.4 Å². The van der Waals surface area contributed by atoms with Crippen molar-refractivity contribution in [2.24, 2.45) is 5.73 Å². The van der Waals surface area contributed by atoms with Crippen LogP contribution in [0, 0.1) is 0 Å². The Morgan fingerprint density at radius 1 is 1.23 bits per heavy atom. The quantitative estimate of drug-likeness (QED) is 0.441. The fraction of sp³-hybridized carbons (Fsp3) is 0.300. The third kappa shape index (κ3) is 3.59. The van der Waals surface area contributed by atoms with Crippen molar-refractivity contribution in [2.45, 2.75) is 37.8 Å². The van der Waals surface area contributed by atoms with Crippen LogP contribution in [0.4, 0.5) is 0 Å². The molecule has 11 heteroatoms. The van der Waals surface area contributed by atoms with Gasteiger partial charge in [-0.05, 0) is 25.7 Å². The number of nitrogens with one attached hydrogen (secondary N) is 1. The molecule has 0 bridgehead atoms. The average molecular weight is 420 g/mol. The second-order valence-electron chi connectivity index (χ2n) is 7.47. The Bertz CT molecular complexity index is 1190. The van der Waals surface area contributed by atoms with Crippen molar-refractivity contribution < 1.29 is 14.3 Å². The zero-order valence-electron chi connectivity index (χ0n) is 16.5. The Morgan fingerprint density at radius 3 is 2.74 bits per heavy atom. The molecule has 0 spiro atoms. The summed E-state index contributed by atoms with van der Waals surface area (Å²) in [6.07, 6.45) is 12.4. The second kappa shape index (κ2) is 7.76. The number of carbonyl (C=O) groups excluding carboxylic acids is 1. The normalized spacial score (nSPS) is 18.9. The maximum Gasteiger partial charge on any atom is 0.271 e. The molecule has 1 fully saturated rings. The molecule has 0 aliphatic heterocycles. The van der Waals surface area contributed by atoms with Crippen LogP contribution >= 0.6 is 0 Å². The summed E-state index contributed by atoms with van der Waals surface area (Å²) in [4.78, 5) is 25.0. The van der Waals surface area contributed by atoms with Crippen LogP contribution in [0.3, 0.4) is 0 Å². The van der Waals surface area contributed by atoms with E-state index < -0.39 is 5.91 Å². The number of amides is 1. The minimum Gasteiger partial charge on any atom is -0.435 e. The van der Waals surface area contributed by atoms with Gasteiger partial charge in [0.25, 0.3) is 5.91 Å². The average Bonchev–Trinajstić information content (AvgIpc) is 3.53. The molecule has 11 nitrogen and oxygen atoms in total. The molecule has 4 heterocycles. The topological polar surface area (TPSA) is 162 Å². The number of aromatic nitrogens is 7. The number of hydrogen-bond acceptors (Lipinski definition) is 8. The number of aliphatic hydroxyl groups excluding tert-OH is 1. The third-order valence-corrected chi connectivity index (χ3v) is 5.43. The van der Waals surface area contributed by atoms with Gasteiger partial charge in [-0.1, -0.05) is 0 Å². The highest BCUT2D eigenvalue weighted by Crippen LogP contribution is 2.37. The molecular weight excluding hydrogens is 400 g/mol. The Morgan fingerprint density at radius 2 is 2.06 bits per heavy atom. The molecule has 1 aliphatic rings. The molecule has 158 valence electrons. The largest absolute Gasteiger partial charge is 0.435 e. The molecule has 4 N–H and O–H groups in total. The van der Waals surface area contributed by atoms with Crippen LogP contribution in [-0.4, -0.2) is 52.0 Å². The van der Waals surface area contributed by atoms with Gasteiger partial charge in [0.15, 0.2) is 11.5 Å². The molecule has 5 rings (SSSR count). The fourth-order valence-corrected chi connectivity index (χ4v) is 3.84. The van der Waals surface area contributed by atoms with Crippen LogP contribution in [0.1, 0.15) is 42.2 Å². The van der Waals surface area contributed by atoms with Gasteiger partial charge in [0.1, 0.15) is 11.4 Å². The number of rotatable bonds is 5. The Balaban J connectivity index is 1.65. The summed E-state index contributed by atoms with van der Waals surface area (Å²) in [6.45, 7) is 0. The predicted molar refractivity (Wildman–Crippen MR) is 108 cm³/mol. The van der Waals surface area contributed by atoms with Crippen LogP contribution in [0.2, 0.25) is 0 Å². The second-order valence-corrected chi connectivity index (χ2v) is 7.47. The molecule has 1 aliphatic carbocycles. The van der Waals surface area contributed by atoms with Gasteiger partial charge in [0.05, 0.1) is 35.7 Å². The Kier molecular flexibility index (Phi) is 4.79. The van der Waals surface area contributed by atoms with E-state index in [-0.39, 0.29) is 29.5 Å². The Hall–Kier alpha value is -3.86. The van der Waals surface area contributed by atoms with E-state index in [9.17, 15) is 9.90 Å². The van der Waals surface area contributed by atoms with Gasteiger partial charge in [-0.25, -0.2) is 4.98 Å². The SMILES string of the molecule is NC(=O)c1nc(-c2cn[nH]c2)oc1-c1cn(C2CCC(O)CC2)nc1-c1cnccn1. The molecule has 0 unspecified atom stereocenters. The number of hydrogen-bond donors (Lipinski definition) is 3. The molecule has 0 aromatic carbocycles. The van der Waals surface area contributed by atoms with E-state index in [2.05, 4.69) is 25.1 Å². The summed E-state index contributed by atoms with van der Waals surface area (Å²) in [5.74, 6) is -0.283. The maximum atomic E-state index is 12.2. The lowest BCUT2D eigenvalue weighted by atomic mass is 9.93. The molecular formula is C20H20N8O3. The first-order valence-electron chi connectivity index (χ1n) is 9.94. The molecule has 0 atom stereocenters. The summed E-state index contributed by atoms with van der Waals surface area (Å²) in [7, 11) is 0. The molecule has 1 amide bonds. The summed E-state index contributed by atoms with van der Waals surface area (Å²) < 4.78 is 7.82. The minimum atomic E-state index is -0.716. The monoisotopic (exact) mass is 420 g/mol. The van der Waals surface area contributed by atoms with Crippen molar-refractivity contribution in [1.82, 2.24) is 34.9 Å². The van der Waals surface area contributed by atoms with Crippen molar-refractivity contribution >= 4 is 5.91 Å². The van der Waals surface area contributed by atoms with Crippen LogP contribution in [-0.2, 0) is 0 Å². The molecule has 1 saturated carbocycles. The number of nitrogens with zero attached hydrogens (tertiary/aromatic N) is 6. The standard InChI is InChI=1S/C20H20N8O3/c21-19(30)17-18(31-20(26-17)11-7-24-25-8-11)14-10-28(12-1-3-13(29)4-2-12)27-16(14)15-9-22-5-6-23-15/h5-10,12-13,29H,1-4H2,(H2,21,30)(H,24,25). The molecule has 0 saturated heterocycles. The van der Waals surface area contributed by atoms with Crippen molar-refractivity contribution in [2.75, 3.05) is 0 Å². The highest BCUT2D eigenvalue weighted by atomic mass is 16.4. The van der Waals surface area contributed by atoms with E-state index in [1.807, 2.05) is 10.9 Å². The lowest BCUT2D eigenvalue weighted by Crippen LogP contribution is -2.21. The lowest BCUT2D eigenvalue weighted by Gasteiger charge is -2.25. The first-order chi connectivity index (χ1) is 15.1. The predicted octanol–water partition coefficient (Wildman–Crippen LogP) is 1.96. The third-order valence-electron chi connectivity index (χ3n) is 5.43. The van der Waals surface area contributed by atoms with Crippen LogP contribution < -0.4 is 5.73 Å². The van der Waals surface area contributed by atoms with Crippen molar-refractivity contribution in [3.8, 4) is 34.2 Å². The van der Waals surface area contributed by atoms with Crippen LogP contribution in [0.5, 0.6) is 0 Å². The lowest BCUT2D eigenvalue weighted by molar-refractivity contribution is 0.0996. The molecule has 31 heavy (non-hydrogen) atoms. The first kappa shape index (κ1) is 19.1. The van der Waals surface area contributed by atoms with Crippen molar-refractivity contribution in [3.63, 3.8) is 0 Å². The summed E-state index contributed by atoms with van der Waals surface area (Å²) >= 11 is 0. The number of primary amides is 1. The Labute approximate surface area is 176 Å². The highest BCUT2D eigenvalue weighted by Gasteiger charge is 2.28. The summed E-state index contributed by atoms with van der Waals surface area (Å²) in [6, 6.07) is 0.112. The smallest absolute Gasteiger partial charge is 0.271 e. The molecule has 0 radical (unpaired) electrons. The van der Waals surface area contributed by atoms with E-state index in [1.165, 1.54) is 0 Å². The van der Waals surface area contributed by atoms with Gasteiger partial charge in [-0.3, -0.25) is 24.5 Å². The van der Waals surface area contributed by atoms with E-state index >= 15 is 0 Å². The fourth-order valence-electron chi connectivity index (χ4n) is 3.84. The summed E-state index contributed by atoms with van der Waals surface area (Å²) in [5.41, 5.74) is 7.78. The number of H-pyrrole nitrogens is 1. The van der Waals surface area contributed by atoms with Gasteiger partial charge in [-0.2, -0.15) is 10.2 Å². The summed E-state index contributed by atoms with van der Waals surface area (Å²) in [5, 5.41) is 21.2. The van der Waals surface area contributed by atoms with Gasteiger partial charge >= 0.3 is 0 Å². The zero-order valence-corrected chi connectivity index (χ0v) is 16.5. The number of aliphatic hydroxyl groups is 1. The number of oxazole rings is 1. The zero-order chi connectivity index (χ0) is 21.4. The van der Waals surface area contributed by atoms with Gasteiger partial charge in [0.2, 0.25) is 5.89 Å². The van der Waals surface area contributed by atoms with E-state index in [4.69, 9.17) is 15.2 Å². The van der Waals surface area contributed by atoms with Crippen molar-refractivity contribution in [1.29, 1.82) is 0 Å². The number of aromatic amines is 1. The molecule has 4 aromatic rings. The first-order valence-corrected chi connectivity index (χ1v) is 9.94. The van der Waals surface area contributed by atoms with Gasteiger partial charge in [-0.15, -0.1) is 0 Å². The van der Waals surface area contributed by atoms with Gasteiger partial charge in [0, 0.05) is 24.8 Å². The maximum absolute atomic E-state index is 12.2. The molecule has 4 aromatic heterocycles. The number of nitrogens with two attached hydrogens (primary N) is 1. The van der Waals surface area contributed by atoms with Crippen LogP contribution in [0.25, 0.3) is 34.2 Å². The van der Waals surface area contributed by atoms with Crippen LogP contribution in [0.15, 0.2) is 41.6 Å². The van der Waals surface area contributed by atoms with E-state index in [0.717, 1.165) is 12.8 Å². The number of carbonyl (C=O) groups is 1. The van der Waals surface area contributed by atoms with Gasteiger partial charge < -0.3 is 15.3 Å².